The Labute approximate surface area is 245 Å². The first-order valence-electron chi connectivity index (χ1n) is 15.8. The quantitative estimate of drug-likeness (QED) is 0.221. The van der Waals surface area contributed by atoms with Gasteiger partial charge in [-0.1, -0.05) is 90.9 Å². The molecule has 0 amide bonds. The lowest BCUT2D eigenvalue weighted by atomic mass is 10.0. The molecule has 2 aromatic heterocycles. The van der Waals surface area contributed by atoms with Crippen LogP contribution < -0.4 is 4.90 Å². The zero-order valence-corrected chi connectivity index (χ0v) is 22.5. The molecule has 0 aliphatic heterocycles. The van der Waals surface area contributed by atoms with Gasteiger partial charge in [0, 0.05) is 49.7 Å². The van der Waals surface area contributed by atoms with Crippen LogP contribution in [0.1, 0.15) is 18.2 Å². The normalized spacial score (nSPS) is 12.9. The standard InChI is InChI=1S/C36H27N5/c1-24-31-18-6-8-20-33(31)35(39-37-24)26-12-10-16-29(22-26)41(28-14-4-3-5-15-28)30-17-11-13-27(23-30)36-34-21-9-7-19-32(34)25(2)38-40-36/h3-23H,1-2H3/i3D,4D,5D,14D,15D. The van der Waals surface area contributed by atoms with Crippen molar-refractivity contribution in [1.29, 1.82) is 0 Å². The summed E-state index contributed by atoms with van der Waals surface area (Å²) in [5, 5.41) is 21.7. The van der Waals surface area contributed by atoms with E-state index >= 15 is 0 Å². The molecule has 0 spiro atoms. The molecule has 5 heteroatoms. The Kier molecular flexibility index (Phi) is 4.92. The molecule has 0 radical (unpaired) electrons. The number of rotatable bonds is 5. The number of hydrogen-bond donors (Lipinski definition) is 0. The van der Waals surface area contributed by atoms with Crippen molar-refractivity contribution >= 4 is 38.6 Å². The van der Waals surface area contributed by atoms with Crippen LogP contribution in [0.2, 0.25) is 0 Å². The van der Waals surface area contributed by atoms with Crippen LogP contribution in [0, 0.1) is 13.8 Å². The average Bonchev–Trinajstić information content (AvgIpc) is 3.09. The highest BCUT2D eigenvalue weighted by molar-refractivity contribution is 5.97. The lowest BCUT2D eigenvalue weighted by molar-refractivity contribution is 1.01. The molecule has 0 fully saturated rings. The van der Waals surface area contributed by atoms with Gasteiger partial charge in [-0.25, -0.2) is 0 Å². The van der Waals surface area contributed by atoms with E-state index in [1.165, 1.54) is 0 Å². The van der Waals surface area contributed by atoms with Gasteiger partial charge in [0.25, 0.3) is 0 Å². The van der Waals surface area contributed by atoms with Crippen LogP contribution in [0.25, 0.3) is 44.1 Å². The van der Waals surface area contributed by atoms with E-state index in [1.54, 1.807) is 4.90 Å². The third-order valence-corrected chi connectivity index (χ3v) is 7.21. The second-order valence-electron chi connectivity index (χ2n) is 9.77. The number of fused-ring (bicyclic) bond motifs is 2. The summed E-state index contributed by atoms with van der Waals surface area (Å²) in [6, 6.07) is 29.0. The molecule has 0 aliphatic carbocycles. The molecule has 41 heavy (non-hydrogen) atoms. The van der Waals surface area contributed by atoms with Crippen molar-refractivity contribution in [1.82, 2.24) is 20.4 Å². The second kappa shape index (κ2) is 10.3. The second-order valence-corrected chi connectivity index (χ2v) is 9.77. The molecule has 5 nitrogen and oxygen atoms in total. The van der Waals surface area contributed by atoms with Crippen LogP contribution in [0.4, 0.5) is 17.1 Å². The summed E-state index contributed by atoms with van der Waals surface area (Å²) in [6.07, 6.45) is 0. The molecular formula is C36H27N5. The highest BCUT2D eigenvalue weighted by Crippen LogP contribution is 2.39. The number of benzene rings is 5. The summed E-state index contributed by atoms with van der Waals surface area (Å²) < 4.78 is 42.9. The fourth-order valence-electron chi connectivity index (χ4n) is 5.25. The molecule has 7 aromatic rings. The van der Waals surface area contributed by atoms with E-state index < -0.39 is 18.1 Å². The number of hydrogen-bond acceptors (Lipinski definition) is 5. The van der Waals surface area contributed by atoms with Gasteiger partial charge in [0.1, 0.15) is 11.4 Å². The maximum atomic E-state index is 8.90. The summed E-state index contributed by atoms with van der Waals surface area (Å²) in [5.74, 6) is 0. The zero-order chi connectivity index (χ0) is 32.1. The fraction of sp³-hybridized carbons (Fsp3) is 0.0556. The average molecular weight is 535 g/mol. The van der Waals surface area contributed by atoms with Gasteiger partial charge in [0.15, 0.2) is 0 Å². The highest BCUT2D eigenvalue weighted by Gasteiger charge is 2.17. The molecule has 0 saturated carbocycles. The zero-order valence-electron chi connectivity index (χ0n) is 27.5. The number of para-hydroxylation sites is 1. The van der Waals surface area contributed by atoms with Crippen molar-refractivity contribution in [3.8, 4) is 22.5 Å². The van der Waals surface area contributed by atoms with E-state index in [0.717, 1.165) is 44.1 Å². The molecule has 0 bridgehead atoms. The van der Waals surface area contributed by atoms with Gasteiger partial charge in [-0.05, 0) is 50.2 Å². The Morgan fingerprint density at radius 2 is 0.951 bits per heavy atom. The van der Waals surface area contributed by atoms with Gasteiger partial charge in [0.05, 0.1) is 18.2 Å². The Morgan fingerprint density at radius 3 is 1.44 bits per heavy atom. The van der Waals surface area contributed by atoms with E-state index in [-0.39, 0.29) is 17.8 Å². The van der Waals surface area contributed by atoms with E-state index in [1.807, 2.05) is 111 Å². The number of aromatic nitrogens is 4. The molecule has 196 valence electrons. The van der Waals surface area contributed by atoms with Crippen LogP contribution >= 0.6 is 0 Å². The summed E-state index contributed by atoms with van der Waals surface area (Å²) in [7, 11) is 0. The lowest BCUT2D eigenvalue weighted by Crippen LogP contribution is -2.10. The number of anilines is 3. The van der Waals surface area contributed by atoms with E-state index in [0.29, 0.717) is 22.8 Å². The van der Waals surface area contributed by atoms with Crippen molar-refractivity contribution < 1.29 is 6.85 Å². The van der Waals surface area contributed by atoms with E-state index in [9.17, 15) is 0 Å². The Balaban J connectivity index is 1.48. The fourth-order valence-corrected chi connectivity index (χ4v) is 5.25. The Morgan fingerprint density at radius 1 is 0.488 bits per heavy atom. The van der Waals surface area contributed by atoms with Gasteiger partial charge in [-0.3, -0.25) is 0 Å². The molecule has 7 rings (SSSR count). The summed E-state index contributed by atoms with van der Waals surface area (Å²) in [5.41, 5.74) is 5.73. The topological polar surface area (TPSA) is 54.8 Å². The molecular weight excluding hydrogens is 502 g/mol. The van der Waals surface area contributed by atoms with Gasteiger partial charge < -0.3 is 4.90 Å². The van der Waals surface area contributed by atoms with Crippen molar-refractivity contribution in [2.75, 3.05) is 4.90 Å². The van der Waals surface area contributed by atoms with Crippen molar-refractivity contribution in [3.05, 3.63) is 139 Å². The summed E-state index contributed by atoms with van der Waals surface area (Å²) in [6.45, 7) is 3.84. The Bertz CT molecular complexity index is 2170. The monoisotopic (exact) mass is 534 g/mol. The van der Waals surface area contributed by atoms with Gasteiger partial charge in [-0.15, -0.1) is 10.2 Å². The molecule has 0 aliphatic rings. The Hall–Kier alpha value is -5.42. The van der Waals surface area contributed by atoms with Gasteiger partial charge in [-0.2, -0.15) is 10.2 Å². The van der Waals surface area contributed by atoms with Crippen LogP contribution in [-0.4, -0.2) is 20.4 Å². The third kappa shape index (κ3) is 4.47. The van der Waals surface area contributed by atoms with Crippen molar-refractivity contribution in [2.24, 2.45) is 0 Å². The first-order chi connectivity index (χ1) is 22.2. The van der Waals surface area contributed by atoms with Crippen molar-refractivity contribution in [3.63, 3.8) is 0 Å². The maximum absolute atomic E-state index is 8.90. The van der Waals surface area contributed by atoms with Gasteiger partial charge in [0.2, 0.25) is 0 Å². The SMILES string of the molecule is [2H]c1c([2H])c([2H])c(N(c2cccc(-c3nnc(C)c4ccccc34)c2)c2cccc(-c3nnc(C)c4ccccc34)c2)c([2H])c1[2H]. The molecule has 0 N–H and O–H groups in total. The maximum Gasteiger partial charge on any atom is 0.101 e. The molecule has 0 saturated heterocycles. The predicted octanol–water partition coefficient (Wildman–Crippen LogP) is 8.99. The molecule has 5 aromatic carbocycles. The summed E-state index contributed by atoms with van der Waals surface area (Å²) in [4.78, 5) is 1.70. The predicted molar refractivity (Wildman–Crippen MR) is 168 cm³/mol. The first-order valence-corrected chi connectivity index (χ1v) is 13.3. The van der Waals surface area contributed by atoms with Crippen LogP contribution in [0.5, 0.6) is 0 Å². The van der Waals surface area contributed by atoms with E-state index in [4.69, 9.17) is 6.85 Å². The number of aryl methyl sites for hydroxylation is 2. The largest absolute Gasteiger partial charge is 0.310 e. The third-order valence-electron chi connectivity index (χ3n) is 7.21. The van der Waals surface area contributed by atoms with Gasteiger partial charge >= 0.3 is 0 Å². The lowest BCUT2D eigenvalue weighted by Gasteiger charge is -2.26. The van der Waals surface area contributed by atoms with Crippen LogP contribution in [-0.2, 0) is 0 Å². The minimum absolute atomic E-state index is 0.0278. The van der Waals surface area contributed by atoms with Crippen LogP contribution in [0.15, 0.2) is 127 Å². The smallest absolute Gasteiger partial charge is 0.101 e. The first kappa shape index (κ1) is 19.6. The van der Waals surface area contributed by atoms with Crippen molar-refractivity contribution in [2.45, 2.75) is 13.8 Å². The minimum Gasteiger partial charge on any atom is -0.310 e. The van der Waals surface area contributed by atoms with Crippen LogP contribution in [0.3, 0.4) is 0 Å². The number of nitrogens with zero attached hydrogens (tertiary/aromatic N) is 5. The molecule has 2 heterocycles. The highest BCUT2D eigenvalue weighted by atomic mass is 15.1. The molecule has 0 unspecified atom stereocenters. The molecule has 0 atom stereocenters. The summed E-state index contributed by atoms with van der Waals surface area (Å²) >= 11 is 0. The minimum atomic E-state index is -0.455. The van der Waals surface area contributed by atoms with E-state index in [2.05, 4.69) is 20.4 Å².